The van der Waals surface area contributed by atoms with Crippen LogP contribution >= 0.6 is 15.9 Å². The van der Waals surface area contributed by atoms with Crippen molar-refractivity contribution >= 4 is 15.9 Å². The second kappa shape index (κ2) is 7.56. The summed E-state index contributed by atoms with van der Waals surface area (Å²) in [6.07, 6.45) is 6.35. The fourth-order valence-corrected chi connectivity index (χ4v) is 1.11. The monoisotopic (exact) mass is 232 g/mol. The molecule has 12 heavy (non-hydrogen) atoms. The molecule has 0 aliphatic rings. The number of methoxy groups -OCH3 is 1. The summed E-state index contributed by atoms with van der Waals surface area (Å²) in [7, 11) is 1.72. The highest BCUT2D eigenvalue weighted by molar-refractivity contribution is 9.09. The van der Waals surface area contributed by atoms with Gasteiger partial charge in [0.25, 0.3) is 0 Å². The van der Waals surface area contributed by atoms with Crippen molar-refractivity contribution in [2.75, 3.05) is 12.4 Å². The maximum atomic E-state index is 5.16. The van der Waals surface area contributed by atoms with Crippen LogP contribution in [0.2, 0.25) is 0 Å². The molecule has 0 N–H and O–H groups in total. The molecule has 0 bridgehead atoms. The Morgan fingerprint density at radius 1 is 1.67 bits per heavy atom. The van der Waals surface area contributed by atoms with Crippen molar-refractivity contribution in [3.05, 3.63) is 24.3 Å². The van der Waals surface area contributed by atoms with E-state index in [2.05, 4.69) is 35.5 Å². The third-order valence-electron chi connectivity index (χ3n) is 1.72. The highest BCUT2D eigenvalue weighted by atomic mass is 79.9. The zero-order valence-electron chi connectivity index (χ0n) is 7.85. The largest absolute Gasteiger partial charge is 0.377 e. The van der Waals surface area contributed by atoms with Crippen molar-refractivity contribution in [1.82, 2.24) is 0 Å². The minimum absolute atomic E-state index is 0.198. The summed E-state index contributed by atoms with van der Waals surface area (Å²) in [6.45, 7) is 5.81. The fourth-order valence-electron chi connectivity index (χ4n) is 0.880. The van der Waals surface area contributed by atoms with Crippen LogP contribution in [0.25, 0.3) is 0 Å². The van der Waals surface area contributed by atoms with E-state index >= 15 is 0 Å². The van der Waals surface area contributed by atoms with E-state index in [-0.39, 0.29) is 6.10 Å². The first-order valence-electron chi connectivity index (χ1n) is 4.11. The van der Waals surface area contributed by atoms with Crippen LogP contribution in [0.3, 0.4) is 0 Å². The van der Waals surface area contributed by atoms with Crippen molar-refractivity contribution in [3.63, 3.8) is 0 Å². The first-order chi connectivity index (χ1) is 5.74. The van der Waals surface area contributed by atoms with Gasteiger partial charge in [0.05, 0.1) is 6.10 Å². The Bertz CT molecular complexity index is 152. The predicted octanol–water partition coefficient (Wildman–Crippen LogP) is 3.31. The van der Waals surface area contributed by atoms with Gasteiger partial charge in [-0.1, -0.05) is 33.7 Å². The number of halogens is 1. The summed E-state index contributed by atoms with van der Waals surface area (Å²) < 4.78 is 5.16. The summed E-state index contributed by atoms with van der Waals surface area (Å²) in [5.74, 6) is 0. The lowest BCUT2D eigenvalue weighted by molar-refractivity contribution is 0.135. The quantitative estimate of drug-likeness (QED) is 0.505. The van der Waals surface area contributed by atoms with E-state index in [0.717, 1.165) is 18.2 Å². The molecule has 0 amide bonds. The molecule has 0 aliphatic carbocycles. The summed E-state index contributed by atoms with van der Waals surface area (Å²) in [5, 5.41) is 0.957. The number of hydrogen-bond donors (Lipinski definition) is 0. The first kappa shape index (κ1) is 11.9. The second-order valence-corrected chi connectivity index (χ2v) is 3.33. The SMILES string of the molecule is C=CC(CC/C=C(/C)CBr)OC. The van der Waals surface area contributed by atoms with Gasteiger partial charge >= 0.3 is 0 Å². The Morgan fingerprint density at radius 2 is 2.33 bits per heavy atom. The predicted molar refractivity (Wildman–Crippen MR) is 57.8 cm³/mol. The maximum absolute atomic E-state index is 5.16. The standard InChI is InChI=1S/C10H17BrO/c1-4-10(12-3)7-5-6-9(2)8-11/h4,6,10H,1,5,7-8H2,2-3H3/b9-6-. The summed E-state index contributed by atoms with van der Waals surface area (Å²) in [6, 6.07) is 0. The van der Waals surface area contributed by atoms with Gasteiger partial charge in [-0.3, -0.25) is 0 Å². The van der Waals surface area contributed by atoms with Crippen LogP contribution in [0.5, 0.6) is 0 Å². The molecule has 0 heterocycles. The lowest BCUT2D eigenvalue weighted by Crippen LogP contribution is -2.04. The van der Waals surface area contributed by atoms with Crippen LogP contribution in [-0.4, -0.2) is 18.5 Å². The molecule has 0 aliphatic heterocycles. The molecule has 2 heteroatoms. The van der Waals surface area contributed by atoms with Crippen molar-refractivity contribution in [3.8, 4) is 0 Å². The average Bonchev–Trinajstić information content (AvgIpc) is 2.12. The molecule has 0 aromatic heterocycles. The minimum atomic E-state index is 0.198. The van der Waals surface area contributed by atoms with Gasteiger partial charge in [-0.05, 0) is 19.8 Å². The number of ether oxygens (including phenoxy) is 1. The number of alkyl halides is 1. The van der Waals surface area contributed by atoms with Crippen molar-refractivity contribution < 1.29 is 4.74 Å². The molecule has 0 saturated heterocycles. The van der Waals surface area contributed by atoms with Gasteiger partial charge in [0.15, 0.2) is 0 Å². The Hall–Kier alpha value is -0.0800. The van der Waals surface area contributed by atoms with Crippen LogP contribution in [-0.2, 0) is 4.74 Å². The van der Waals surface area contributed by atoms with Crippen LogP contribution in [0.15, 0.2) is 24.3 Å². The molecule has 0 radical (unpaired) electrons. The zero-order chi connectivity index (χ0) is 9.40. The van der Waals surface area contributed by atoms with Crippen LogP contribution in [0.1, 0.15) is 19.8 Å². The van der Waals surface area contributed by atoms with Gasteiger partial charge < -0.3 is 4.74 Å². The summed E-state index contributed by atoms with van der Waals surface area (Å²) in [4.78, 5) is 0. The number of hydrogen-bond acceptors (Lipinski definition) is 1. The molecular formula is C10H17BrO. The topological polar surface area (TPSA) is 9.23 Å². The smallest absolute Gasteiger partial charge is 0.0752 e. The fraction of sp³-hybridized carbons (Fsp3) is 0.600. The molecule has 0 rings (SSSR count). The molecule has 1 atom stereocenters. The molecule has 70 valence electrons. The van der Waals surface area contributed by atoms with Gasteiger partial charge in [-0.25, -0.2) is 0 Å². The second-order valence-electron chi connectivity index (χ2n) is 2.77. The summed E-state index contributed by atoms with van der Waals surface area (Å²) in [5.41, 5.74) is 1.37. The molecule has 0 spiro atoms. The highest BCUT2D eigenvalue weighted by Crippen LogP contribution is 2.06. The number of rotatable bonds is 6. The molecule has 0 aromatic rings. The lowest BCUT2D eigenvalue weighted by atomic mass is 10.1. The lowest BCUT2D eigenvalue weighted by Gasteiger charge is -2.07. The van der Waals surface area contributed by atoms with Crippen molar-refractivity contribution in [2.24, 2.45) is 0 Å². The van der Waals surface area contributed by atoms with E-state index < -0.39 is 0 Å². The molecule has 0 fully saturated rings. The van der Waals surface area contributed by atoms with Gasteiger partial charge in [-0.15, -0.1) is 6.58 Å². The molecule has 0 aromatic carbocycles. The Kier molecular flexibility index (Phi) is 7.51. The van der Waals surface area contributed by atoms with Crippen LogP contribution in [0, 0.1) is 0 Å². The molecular weight excluding hydrogens is 216 g/mol. The third-order valence-corrected chi connectivity index (χ3v) is 2.60. The summed E-state index contributed by atoms with van der Waals surface area (Å²) >= 11 is 3.40. The molecule has 0 saturated carbocycles. The van der Waals surface area contributed by atoms with E-state index in [0.29, 0.717) is 0 Å². The Morgan fingerprint density at radius 3 is 2.75 bits per heavy atom. The van der Waals surface area contributed by atoms with Gasteiger partial charge in [0.1, 0.15) is 0 Å². The first-order valence-corrected chi connectivity index (χ1v) is 5.23. The maximum Gasteiger partial charge on any atom is 0.0752 e. The van der Waals surface area contributed by atoms with Gasteiger partial charge in [-0.2, -0.15) is 0 Å². The van der Waals surface area contributed by atoms with E-state index in [4.69, 9.17) is 4.74 Å². The third kappa shape index (κ3) is 5.56. The van der Waals surface area contributed by atoms with E-state index in [9.17, 15) is 0 Å². The Balaban J connectivity index is 3.60. The average molecular weight is 233 g/mol. The van der Waals surface area contributed by atoms with Crippen molar-refractivity contribution in [1.29, 1.82) is 0 Å². The molecule has 1 nitrogen and oxygen atoms in total. The minimum Gasteiger partial charge on any atom is -0.377 e. The Labute approximate surface area is 83.6 Å². The van der Waals surface area contributed by atoms with E-state index in [1.54, 1.807) is 7.11 Å². The van der Waals surface area contributed by atoms with E-state index in [1.807, 2.05) is 6.08 Å². The van der Waals surface area contributed by atoms with Crippen LogP contribution < -0.4 is 0 Å². The van der Waals surface area contributed by atoms with Gasteiger partial charge in [0, 0.05) is 12.4 Å². The number of allylic oxidation sites excluding steroid dienone is 2. The zero-order valence-corrected chi connectivity index (χ0v) is 9.43. The van der Waals surface area contributed by atoms with Gasteiger partial charge in [0.2, 0.25) is 0 Å². The molecule has 1 unspecified atom stereocenters. The normalized spacial score (nSPS) is 14.4. The van der Waals surface area contributed by atoms with Crippen molar-refractivity contribution in [2.45, 2.75) is 25.9 Å². The van der Waals surface area contributed by atoms with E-state index in [1.165, 1.54) is 5.57 Å². The highest BCUT2D eigenvalue weighted by Gasteiger charge is 1.98. The van der Waals surface area contributed by atoms with Crippen LogP contribution in [0.4, 0.5) is 0 Å².